The van der Waals surface area contributed by atoms with E-state index < -0.39 is 11.7 Å². The van der Waals surface area contributed by atoms with E-state index in [2.05, 4.69) is 19.9 Å². The van der Waals surface area contributed by atoms with Crippen LogP contribution in [0.15, 0.2) is 43.0 Å². The van der Waals surface area contributed by atoms with Gasteiger partial charge in [0.1, 0.15) is 11.5 Å². The van der Waals surface area contributed by atoms with Crippen LogP contribution in [-0.4, -0.2) is 54.9 Å². The van der Waals surface area contributed by atoms with E-state index in [-0.39, 0.29) is 35.1 Å². The Bertz CT molecular complexity index is 1290. The molecule has 0 spiro atoms. The highest BCUT2D eigenvalue weighted by atomic mass is 35.5. The third kappa shape index (κ3) is 3.15. The summed E-state index contributed by atoms with van der Waals surface area (Å²) in [6.45, 7) is 1.89. The molecule has 4 atom stereocenters. The van der Waals surface area contributed by atoms with Gasteiger partial charge in [-0.3, -0.25) is 9.78 Å². The maximum absolute atomic E-state index is 13.7. The number of hydrogen-bond donors (Lipinski definition) is 0. The van der Waals surface area contributed by atoms with E-state index in [1.54, 1.807) is 24.7 Å². The minimum Gasteiger partial charge on any atom is -0.341 e. The minimum absolute atomic E-state index is 0.0219. The average Bonchev–Trinajstić information content (AvgIpc) is 3.30. The van der Waals surface area contributed by atoms with Crippen molar-refractivity contribution in [3.63, 3.8) is 0 Å². The Morgan fingerprint density at radius 1 is 1.03 bits per heavy atom. The number of rotatable bonds is 3. The average molecular weight is 487 g/mol. The van der Waals surface area contributed by atoms with Crippen molar-refractivity contribution in [1.29, 1.82) is 0 Å². The molecule has 3 aromatic heterocycles. The van der Waals surface area contributed by atoms with Crippen LogP contribution in [0.2, 0.25) is 5.02 Å². The van der Waals surface area contributed by atoms with Crippen LogP contribution < -0.4 is 4.90 Å². The molecule has 3 fully saturated rings. The van der Waals surface area contributed by atoms with Crippen LogP contribution in [0.4, 0.5) is 19.0 Å². The zero-order chi connectivity index (χ0) is 23.8. The smallest absolute Gasteiger partial charge is 0.341 e. The second-order valence-electron chi connectivity index (χ2n) is 8.82. The summed E-state index contributed by atoms with van der Waals surface area (Å²) in [6, 6.07) is 4.25. The Hall–Kier alpha value is -3.27. The predicted octanol–water partition coefficient (Wildman–Crippen LogP) is 4.16. The van der Waals surface area contributed by atoms with E-state index in [0.717, 1.165) is 30.7 Å². The normalized spacial score (nSPS) is 25.0. The maximum Gasteiger partial charge on any atom is 0.417 e. The summed E-state index contributed by atoms with van der Waals surface area (Å²) >= 11 is 6.19. The number of nitrogens with zero attached hydrogens (tertiary/aromatic N) is 6. The zero-order valence-corrected chi connectivity index (χ0v) is 18.6. The standard InChI is InChI=1S/C23H18ClF3N6O/c1-11-7-13(20-28-5-2-6-29-20)17(30-9-11)22(34)32-15-3-4-16(32)19-18(15)33(19)21-14(24)8-12(10-31-21)23(25,26)27/h2,5-10,15-16,18-19H,3-4H2,1H3. The van der Waals surface area contributed by atoms with E-state index in [1.165, 1.54) is 0 Å². The van der Waals surface area contributed by atoms with Crippen molar-refractivity contribution >= 4 is 23.3 Å². The van der Waals surface area contributed by atoms with Crippen molar-refractivity contribution < 1.29 is 18.0 Å². The first-order valence-corrected chi connectivity index (χ1v) is 11.2. The SMILES string of the molecule is Cc1cnc(C(=O)N2C3CCC2C2C3N2c2ncc(C(F)(F)F)cc2Cl)c(-c2ncccn2)c1. The fourth-order valence-electron chi connectivity index (χ4n) is 5.46. The van der Waals surface area contributed by atoms with E-state index in [4.69, 9.17) is 11.6 Å². The number of amides is 1. The number of fused-ring (bicyclic) bond motifs is 5. The number of carbonyl (C=O) groups excluding carboxylic acids is 1. The molecule has 34 heavy (non-hydrogen) atoms. The molecule has 1 amide bonds. The summed E-state index contributed by atoms with van der Waals surface area (Å²) in [4.78, 5) is 34.5. The van der Waals surface area contributed by atoms with Crippen molar-refractivity contribution in [3.05, 3.63) is 64.8 Å². The summed E-state index contributed by atoms with van der Waals surface area (Å²) in [5.74, 6) is 0.579. The number of pyridine rings is 2. The number of alkyl halides is 3. The lowest BCUT2D eigenvalue weighted by Crippen LogP contribution is -2.43. The molecule has 0 saturated carbocycles. The highest BCUT2D eigenvalue weighted by Gasteiger charge is 2.70. The minimum atomic E-state index is -4.51. The van der Waals surface area contributed by atoms with Gasteiger partial charge < -0.3 is 9.80 Å². The van der Waals surface area contributed by atoms with Crippen LogP contribution in [0.5, 0.6) is 0 Å². The quantitative estimate of drug-likeness (QED) is 0.518. The molecule has 11 heteroatoms. The lowest BCUT2D eigenvalue weighted by atomic mass is 10.0. The van der Waals surface area contributed by atoms with Gasteiger partial charge >= 0.3 is 6.18 Å². The van der Waals surface area contributed by atoms with Crippen molar-refractivity contribution in [3.8, 4) is 11.4 Å². The topological polar surface area (TPSA) is 74.9 Å². The first kappa shape index (κ1) is 21.3. The Morgan fingerprint density at radius 3 is 2.32 bits per heavy atom. The molecule has 0 radical (unpaired) electrons. The summed E-state index contributed by atoms with van der Waals surface area (Å²) in [5, 5.41) is -0.0368. The van der Waals surface area contributed by atoms with Gasteiger partial charge in [0.25, 0.3) is 5.91 Å². The molecule has 2 bridgehead atoms. The third-order valence-corrected chi connectivity index (χ3v) is 7.10. The number of hydrogen-bond acceptors (Lipinski definition) is 6. The number of anilines is 1. The van der Waals surface area contributed by atoms with Gasteiger partial charge in [0, 0.05) is 24.8 Å². The van der Waals surface area contributed by atoms with Crippen LogP contribution in [0.1, 0.15) is 34.5 Å². The summed E-state index contributed by atoms with van der Waals surface area (Å²) < 4.78 is 39.0. The van der Waals surface area contributed by atoms with Gasteiger partial charge in [-0.15, -0.1) is 0 Å². The zero-order valence-electron chi connectivity index (χ0n) is 17.9. The Morgan fingerprint density at radius 2 is 1.71 bits per heavy atom. The molecule has 3 aliphatic rings. The van der Waals surface area contributed by atoms with Crippen molar-refractivity contribution in [2.75, 3.05) is 4.90 Å². The molecule has 3 aliphatic heterocycles. The Labute approximate surface area is 197 Å². The lowest BCUT2D eigenvalue weighted by molar-refractivity contribution is -0.137. The fraction of sp³-hybridized carbons (Fsp3) is 0.348. The highest BCUT2D eigenvalue weighted by Crippen LogP contribution is 2.55. The summed E-state index contributed by atoms with van der Waals surface area (Å²) in [5.41, 5.74) is 0.886. The van der Waals surface area contributed by atoms with Crippen LogP contribution >= 0.6 is 11.6 Å². The highest BCUT2D eigenvalue weighted by molar-refractivity contribution is 6.33. The molecule has 3 aromatic rings. The van der Waals surface area contributed by atoms with Gasteiger partial charge in [0.15, 0.2) is 5.82 Å². The first-order chi connectivity index (χ1) is 16.3. The molecule has 0 aromatic carbocycles. The molecule has 7 nitrogen and oxygen atoms in total. The van der Waals surface area contributed by atoms with Crippen LogP contribution in [-0.2, 0) is 6.18 Å². The van der Waals surface area contributed by atoms with Crippen molar-refractivity contribution in [2.24, 2.45) is 0 Å². The number of carbonyl (C=O) groups is 1. The summed E-state index contributed by atoms with van der Waals surface area (Å²) in [6.07, 6.45) is 2.79. The molecule has 174 valence electrons. The number of aromatic nitrogens is 4. The predicted molar refractivity (Wildman–Crippen MR) is 117 cm³/mol. The number of halogens is 4. The lowest BCUT2D eigenvalue weighted by Gasteiger charge is -2.28. The van der Waals surface area contributed by atoms with Crippen LogP contribution in [0, 0.1) is 6.92 Å². The van der Waals surface area contributed by atoms with Crippen LogP contribution in [0.25, 0.3) is 11.4 Å². The molecule has 0 N–H and O–H groups in total. The largest absolute Gasteiger partial charge is 0.417 e. The fourth-order valence-corrected chi connectivity index (χ4v) is 5.72. The second kappa shape index (κ2) is 7.36. The molecule has 4 unspecified atom stereocenters. The van der Waals surface area contributed by atoms with Gasteiger partial charge in [0.2, 0.25) is 0 Å². The van der Waals surface area contributed by atoms with Gasteiger partial charge in [-0.1, -0.05) is 11.6 Å². The Kier molecular flexibility index (Phi) is 4.61. The van der Waals surface area contributed by atoms with E-state index in [0.29, 0.717) is 22.9 Å². The molecule has 6 rings (SSSR count). The van der Waals surface area contributed by atoms with Gasteiger partial charge in [-0.25, -0.2) is 15.0 Å². The van der Waals surface area contributed by atoms with Crippen molar-refractivity contribution in [2.45, 2.75) is 50.1 Å². The number of piperazine rings is 1. The van der Waals surface area contributed by atoms with Gasteiger partial charge in [-0.05, 0) is 43.5 Å². The van der Waals surface area contributed by atoms with Crippen molar-refractivity contribution in [1.82, 2.24) is 24.8 Å². The second-order valence-corrected chi connectivity index (χ2v) is 9.23. The molecule has 0 aliphatic carbocycles. The summed E-state index contributed by atoms with van der Waals surface area (Å²) in [7, 11) is 0. The van der Waals surface area contributed by atoms with E-state index in [9.17, 15) is 18.0 Å². The Balaban J connectivity index is 1.29. The third-order valence-electron chi connectivity index (χ3n) is 6.83. The monoisotopic (exact) mass is 486 g/mol. The van der Waals surface area contributed by atoms with Gasteiger partial charge in [-0.2, -0.15) is 13.2 Å². The maximum atomic E-state index is 13.7. The molecule has 6 heterocycles. The molecular weight excluding hydrogens is 469 g/mol. The molecule has 3 saturated heterocycles. The van der Waals surface area contributed by atoms with E-state index >= 15 is 0 Å². The molecular formula is C23H18ClF3N6O. The van der Waals surface area contributed by atoms with Crippen LogP contribution in [0.3, 0.4) is 0 Å². The number of aryl methyl sites for hydroxylation is 1. The van der Waals surface area contributed by atoms with Gasteiger partial charge in [0.05, 0.1) is 40.3 Å². The first-order valence-electron chi connectivity index (χ1n) is 10.8. The van der Waals surface area contributed by atoms with E-state index in [1.807, 2.05) is 22.8 Å².